The van der Waals surface area contributed by atoms with Gasteiger partial charge in [0.25, 0.3) is 0 Å². The molecular formula is C51H60. The van der Waals surface area contributed by atoms with Gasteiger partial charge in [-0.2, -0.15) is 0 Å². The van der Waals surface area contributed by atoms with E-state index in [-0.39, 0.29) is 0 Å². The molecule has 0 nitrogen and oxygen atoms in total. The molecule has 8 aliphatic rings. The van der Waals surface area contributed by atoms with Crippen molar-refractivity contribution in [3.05, 3.63) is 166 Å². The molecular weight excluding hydrogens is 613 g/mol. The molecule has 8 aliphatic carbocycles. The van der Waals surface area contributed by atoms with Gasteiger partial charge < -0.3 is 0 Å². The topological polar surface area (TPSA) is 0 Å². The van der Waals surface area contributed by atoms with Gasteiger partial charge in [-0.05, 0) is 177 Å². The summed E-state index contributed by atoms with van der Waals surface area (Å²) in [5, 5.41) is 0. The largest absolute Gasteiger partial charge is 0.0842 e. The van der Waals surface area contributed by atoms with Crippen LogP contribution in [0, 0.1) is 35.5 Å². The molecule has 0 saturated heterocycles. The average molecular weight is 673 g/mol. The van der Waals surface area contributed by atoms with Gasteiger partial charge in [-0.1, -0.05) is 134 Å². The maximum absolute atomic E-state index is 2.64. The van der Waals surface area contributed by atoms with E-state index in [4.69, 9.17) is 0 Å². The van der Waals surface area contributed by atoms with Crippen LogP contribution in [-0.4, -0.2) is 0 Å². The van der Waals surface area contributed by atoms with Gasteiger partial charge in [0, 0.05) is 0 Å². The first-order valence-corrected chi connectivity index (χ1v) is 20.8. The van der Waals surface area contributed by atoms with Crippen LogP contribution in [0.25, 0.3) is 0 Å². The van der Waals surface area contributed by atoms with Crippen molar-refractivity contribution in [3.8, 4) is 0 Å². The Hall–Kier alpha value is -3.64. The Morgan fingerprint density at radius 2 is 1.53 bits per heavy atom. The van der Waals surface area contributed by atoms with E-state index < -0.39 is 0 Å². The summed E-state index contributed by atoms with van der Waals surface area (Å²) >= 11 is 0. The highest BCUT2D eigenvalue weighted by Gasteiger charge is 2.32. The Morgan fingerprint density at radius 3 is 2.31 bits per heavy atom. The summed E-state index contributed by atoms with van der Waals surface area (Å²) in [5.41, 5.74) is 14.8. The van der Waals surface area contributed by atoms with Crippen LogP contribution in [-0.2, 0) is 0 Å². The third-order valence-corrected chi connectivity index (χ3v) is 13.6. The molecule has 6 atom stereocenters. The summed E-state index contributed by atoms with van der Waals surface area (Å²) in [5.74, 6) is 3.80. The van der Waals surface area contributed by atoms with E-state index in [1.807, 2.05) is 0 Å². The average Bonchev–Trinajstić information content (AvgIpc) is 3.21. The molecule has 0 heteroatoms. The van der Waals surface area contributed by atoms with Gasteiger partial charge in [0.05, 0.1) is 0 Å². The highest BCUT2D eigenvalue weighted by atomic mass is 14.4. The minimum absolute atomic E-state index is 0.579. The summed E-state index contributed by atoms with van der Waals surface area (Å²) in [6.07, 6.45) is 65.8. The van der Waals surface area contributed by atoms with Gasteiger partial charge in [-0.25, -0.2) is 0 Å². The molecule has 0 bridgehead atoms. The standard InChI is InChI=1S/C51H60/c1-37(51(36-39-14-4-2-5-15-39)50-25-13-21-45-19-9-11-23-47(45)50)40-31-33-42(34-32-40)41-29-26-38(27-30-41)28-35-48(43-16-6-3-7-17-43)49-24-12-20-44-18-8-10-22-46(44)49/h2-7,9-10,12,14,16,19,22,24-26,29,31,33,37,39,43-44,48,51H,8,11,13,15,17-18,20-21,23,27-28,30,32,34-36H2,1H3. The van der Waals surface area contributed by atoms with Crippen molar-refractivity contribution in [3.63, 3.8) is 0 Å². The van der Waals surface area contributed by atoms with Crippen LogP contribution >= 0.6 is 0 Å². The highest BCUT2D eigenvalue weighted by Crippen LogP contribution is 2.46. The van der Waals surface area contributed by atoms with Gasteiger partial charge in [0.2, 0.25) is 0 Å². The monoisotopic (exact) mass is 672 g/mol. The van der Waals surface area contributed by atoms with Crippen molar-refractivity contribution in [2.75, 3.05) is 0 Å². The number of rotatable bonds is 11. The van der Waals surface area contributed by atoms with Crippen molar-refractivity contribution in [2.45, 2.75) is 110 Å². The fourth-order valence-electron chi connectivity index (χ4n) is 10.6. The molecule has 0 aromatic heterocycles. The highest BCUT2D eigenvalue weighted by molar-refractivity contribution is 5.48. The zero-order valence-electron chi connectivity index (χ0n) is 31.2. The lowest BCUT2D eigenvalue weighted by molar-refractivity contribution is 0.374. The second kappa shape index (κ2) is 16.4. The molecule has 0 amide bonds. The molecule has 0 aromatic rings. The van der Waals surface area contributed by atoms with Crippen molar-refractivity contribution in [1.29, 1.82) is 0 Å². The van der Waals surface area contributed by atoms with Crippen molar-refractivity contribution < 1.29 is 0 Å². The Kier molecular flexibility index (Phi) is 11.0. The van der Waals surface area contributed by atoms with Crippen LogP contribution in [0.3, 0.4) is 0 Å². The molecule has 0 aliphatic heterocycles. The molecule has 6 unspecified atom stereocenters. The lowest BCUT2D eigenvalue weighted by atomic mass is 9.69. The first-order valence-electron chi connectivity index (χ1n) is 20.8. The second-order valence-electron chi connectivity index (χ2n) is 16.6. The minimum atomic E-state index is 0.579. The Morgan fingerprint density at radius 1 is 0.686 bits per heavy atom. The predicted molar refractivity (Wildman–Crippen MR) is 219 cm³/mol. The maximum atomic E-state index is 2.64. The van der Waals surface area contributed by atoms with Gasteiger partial charge in [-0.15, -0.1) is 0 Å². The van der Waals surface area contributed by atoms with Crippen LogP contribution < -0.4 is 0 Å². The molecule has 51 heavy (non-hydrogen) atoms. The van der Waals surface area contributed by atoms with E-state index in [1.54, 1.807) is 50.2 Å². The SMILES string of the molecule is CC(C1=CC=C(C2=CC=C(CCC(C3=C4C=CCCC4CC=C3)C3C=CC=CC3)CC2)CC1)C(CC1C=CC=CC1)C1=CCCC2=C1CCC=C2. The summed E-state index contributed by atoms with van der Waals surface area (Å²) in [6, 6.07) is 0. The van der Waals surface area contributed by atoms with Crippen LogP contribution in [0.2, 0.25) is 0 Å². The second-order valence-corrected chi connectivity index (χ2v) is 16.6. The smallest absolute Gasteiger partial charge is 0.00902 e. The molecule has 0 fully saturated rings. The molecule has 0 aromatic carbocycles. The van der Waals surface area contributed by atoms with Crippen LogP contribution in [0.4, 0.5) is 0 Å². The van der Waals surface area contributed by atoms with Crippen LogP contribution in [0.1, 0.15) is 110 Å². The lowest BCUT2D eigenvalue weighted by Gasteiger charge is -2.36. The Balaban J connectivity index is 0.962. The Labute approximate surface area is 309 Å². The zero-order chi connectivity index (χ0) is 34.4. The lowest BCUT2D eigenvalue weighted by Crippen LogP contribution is -2.23. The number of hydrogen-bond acceptors (Lipinski definition) is 0. The molecule has 0 N–H and O–H groups in total. The van der Waals surface area contributed by atoms with Crippen molar-refractivity contribution in [2.24, 2.45) is 35.5 Å². The van der Waals surface area contributed by atoms with Crippen LogP contribution in [0.15, 0.2) is 166 Å². The summed E-state index contributed by atoms with van der Waals surface area (Å²) in [6.45, 7) is 2.55. The summed E-state index contributed by atoms with van der Waals surface area (Å²) < 4.78 is 0. The fraction of sp³-hybridized carbons (Fsp3) is 0.451. The number of fused-ring (bicyclic) bond motifs is 1. The fourth-order valence-corrected chi connectivity index (χ4v) is 10.6. The van der Waals surface area contributed by atoms with E-state index in [1.165, 1.54) is 103 Å². The maximum Gasteiger partial charge on any atom is -0.00902 e. The minimum Gasteiger partial charge on any atom is -0.0842 e. The first-order chi connectivity index (χ1) is 25.2. The van der Waals surface area contributed by atoms with Crippen molar-refractivity contribution in [1.82, 2.24) is 0 Å². The van der Waals surface area contributed by atoms with Gasteiger partial charge in [0.15, 0.2) is 0 Å². The molecule has 264 valence electrons. The predicted octanol–water partition coefficient (Wildman–Crippen LogP) is 14.2. The van der Waals surface area contributed by atoms with Gasteiger partial charge in [0.1, 0.15) is 0 Å². The van der Waals surface area contributed by atoms with E-state index in [2.05, 4.69) is 122 Å². The quantitative estimate of drug-likeness (QED) is 0.205. The van der Waals surface area contributed by atoms with E-state index >= 15 is 0 Å². The van der Waals surface area contributed by atoms with E-state index in [0.717, 1.165) is 5.92 Å². The van der Waals surface area contributed by atoms with E-state index in [0.29, 0.717) is 29.6 Å². The van der Waals surface area contributed by atoms with Crippen LogP contribution in [0.5, 0.6) is 0 Å². The summed E-state index contributed by atoms with van der Waals surface area (Å²) in [4.78, 5) is 0. The summed E-state index contributed by atoms with van der Waals surface area (Å²) in [7, 11) is 0. The molecule has 0 saturated carbocycles. The van der Waals surface area contributed by atoms with Gasteiger partial charge >= 0.3 is 0 Å². The van der Waals surface area contributed by atoms with E-state index in [9.17, 15) is 0 Å². The molecule has 0 radical (unpaired) electrons. The molecule has 0 heterocycles. The normalized spacial score (nSPS) is 28.7. The number of hydrogen-bond donors (Lipinski definition) is 0. The number of allylic oxidation sites excluding steroid dienone is 28. The zero-order valence-corrected chi connectivity index (χ0v) is 31.2. The first kappa shape index (κ1) is 34.4. The molecule has 8 rings (SSSR count). The van der Waals surface area contributed by atoms with Crippen molar-refractivity contribution >= 4 is 0 Å². The van der Waals surface area contributed by atoms with Gasteiger partial charge in [-0.3, -0.25) is 0 Å². The Bertz CT molecular complexity index is 1770. The third kappa shape index (κ3) is 7.91. The third-order valence-electron chi connectivity index (χ3n) is 13.6. The molecule has 0 spiro atoms.